The molecule has 2 heteroatoms. The van der Waals surface area contributed by atoms with E-state index >= 15 is 0 Å². The summed E-state index contributed by atoms with van der Waals surface area (Å²) in [5.74, 6) is 0.762. The van der Waals surface area contributed by atoms with E-state index in [-0.39, 0.29) is 5.54 Å². The van der Waals surface area contributed by atoms with Crippen LogP contribution < -0.4 is 5.32 Å². The molecule has 20 heavy (non-hydrogen) atoms. The molecule has 0 saturated carbocycles. The monoisotopic (exact) mass is 272 g/mol. The van der Waals surface area contributed by atoms with Crippen molar-refractivity contribution in [3.8, 4) is 0 Å². The molecule has 0 spiro atoms. The third kappa shape index (κ3) is 2.91. The van der Waals surface area contributed by atoms with E-state index in [2.05, 4.69) is 48.5 Å². The molecule has 1 aromatic rings. The van der Waals surface area contributed by atoms with Crippen molar-refractivity contribution in [3.05, 3.63) is 35.4 Å². The Morgan fingerprint density at radius 1 is 1.10 bits per heavy atom. The van der Waals surface area contributed by atoms with Gasteiger partial charge in [0.2, 0.25) is 0 Å². The van der Waals surface area contributed by atoms with E-state index in [4.69, 9.17) is 0 Å². The molecule has 0 amide bonds. The van der Waals surface area contributed by atoms with Crippen LogP contribution in [0.1, 0.15) is 56.1 Å². The van der Waals surface area contributed by atoms with E-state index in [1.165, 1.54) is 50.8 Å². The first-order valence-corrected chi connectivity index (χ1v) is 8.21. The molecule has 2 unspecified atom stereocenters. The molecule has 2 aliphatic heterocycles. The highest BCUT2D eigenvalue weighted by molar-refractivity contribution is 5.31. The van der Waals surface area contributed by atoms with Crippen LogP contribution in [0.4, 0.5) is 0 Å². The van der Waals surface area contributed by atoms with Crippen LogP contribution in [-0.4, -0.2) is 31.6 Å². The van der Waals surface area contributed by atoms with Crippen molar-refractivity contribution in [1.82, 2.24) is 10.2 Å². The average Bonchev–Trinajstić information content (AvgIpc) is 2.79. The molecule has 2 aliphatic rings. The summed E-state index contributed by atoms with van der Waals surface area (Å²) in [5, 5.41) is 3.66. The minimum atomic E-state index is 0.211. The van der Waals surface area contributed by atoms with E-state index in [1.54, 1.807) is 5.56 Å². The number of nitrogens with zero attached hydrogens (tertiary/aromatic N) is 1. The second kappa shape index (κ2) is 5.87. The zero-order chi connectivity index (χ0) is 14.0. The van der Waals surface area contributed by atoms with Crippen LogP contribution in [0, 0.1) is 0 Å². The van der Waals surface area contributed by atoms with Crippen molar-refractivity contribution in [2.75, 3.05) is 26.7 Å². The molecule has 1 aromatic carbocycles. The van der Waals surface area contributed by atoms with E-state index in [0.717, 1.165) is 12.5 Å². The summed E-state index contributed by atoms with van der Waals surface area (Å²) in [6.45, 7) is 6.01. The Morgan fingerprint density at radius 3 is 2.60 bits per heavy atom. The Bertz CT molecular complexity index is 431. The fourth-order valence-electron chi connectivity index (χ4n) is 3.84. The van der Waals surface area contributed by atoms with Gasteiger partial charge in [-0.2, -0.15) is 0 Å². The molecule has 0 bridgehead atoms. The number of nitrogens with one attached hydrogen (secondary N) is 1. The van der Waals surface area contributed by atoms with Crippen LogP contribution in [0.5, 0.6) is 0 Å². The highest BCUT2D eigenvalue weighted by Gasteiger charge is 2.29. The number of hydrogen-bond acceptors (Lipinski definition) is 2. The Kier molecular flexibility index (Phi) is 4.13. The van der Waals surface area contributed by atoms with Crippen LogP contribution in [0.15, 0.2) is 24.3 Å². The van der Waals surface area contributed by atoms with E-state index in [1.807, 2.05) is 0 Å². The molecule has 3 rings (SSSR count). The smallest absolute Gasteiger partial charge is 0.0406 e. The lowest BCUT2D eigenvalue weighted by Gasteiger charge is -2.26. The lowest BCUT2D eigenvalue weighted by molar-refractivity contribution is 0.347. The highest BCUT2D eigenvalue weighted by atomic mass is 15.1. The topological polar surface area (TPSA) is 15.3 Å². The summed E-state index contributed by atoms with van der Waals surface area (Å²) in [7, 11) is 2.25. The largest absolute Gasteiger partial charge is 0.308 e. The van der Waals surface area contributed by atoms with Gasteiger partial charge in [-0.05, 0) is 82.8 Å². The van der Waals surface area contributed by atoms with Crippen LogP contribution in [0.25, 0.3) is 0 Å². The summed E-state index contributed by atoms with van der Waals surface area (Å²) >= 11 is 0. The summed E-state index contributed by atoms with van der Waals surface area (Å²) in [6, 6.07) is 9.50. The predicted molar refractivity (Wildman–Crippen MR) is 85.1 cm³/mol. The van der Waals surface area contributed by atoms with E-state index in [9.17, 15) is 0 Å². The number of rotatable bonds is 2. The van der Waals surface area contributed by atoms with Gasteiger partial charge in [-0.15, -0.1) is 0 Å². The summed E-state index contributed by atoms with van der Waals surface area (Å²) < 4.78 is 0. The number of benzene rings is 1. The average molecular weight is 272 g/mol. The van der Waals surface area contributed by atoms with Gasteiger partial charge in [-0.25, -0.2) is 0 Å². The normalized spacial score (nSPS) is 32.2. The van der Waals surface area contributed by atoms with Crippen LogP contribution in [0.3, 0.4) is 0 Å². The number of likely N-dealkylation sites (tertiary alicyclic amines) is 1. The van der Waals surface area contributed by atoms with Gasteiger partial charge >= 0.3 is 0 Å². The van der Waals surface area contributed by atoms with Gasteiger partial charge in [-0.1, -0.05) is 24.3 Å². The van der Waals surface area contributed by atoms with Crippen molar-refractivity contribution < 1.29 is 0 Å². The molecule has 2 atom stereocenters. The molecule has 2 fully saturated rings. The number of hydrogen-bond donors (Lipinski definition) is 1. The third-order valence-electron chi connectivity index (χ3n) is 5.34. The molecule has 2 heterocycles. The Labute approximate surface area is 123 Å². The second-order valence-corrected chi connectivity index (χ2v) is 6.92. The Hall–Kier alpha value is -0.860. The molecule has 2 nitrogen and oxygen atoms in total. The van der Waals surface area contributed by atoms with Gasteiger partial charge in [0.05, 0.1) is 0 Å². The zero-order valence-electron chi connectivity index (χ0n) is 13.0. The lowest BCUT2D eigenvalue weighted by Crippen LogP contribution is -2.33. The maximum absolute atomic E-state index is 3.66. The maximum atomic E-state index is 3.66. The molecule has 0 radical (unpaired) electrons. The van der Waals surface area contributed by atoms with Gasteiger partial charge in [0.25, 0.3) is 0 Å². The Balaban J connectivity index is 1.72. The first-order valence-electron chi connectivity index (χ1n) is 8.21. The van der Waals surface area contributed by atoms with Crippen molar-refractivity contribution in [1.29, 1.82) is 0 Å². The van der Waals surface area contributed by atoms with Crippen LogP contribution >= 0.6 is 0 Å². The zero-order valence-corrected chi connectivity index (χ0v) is 13.0. The van der Waals surface area contributed by atoms with Crippen LogP contribution in [-0.2, 0) is 5.54 Å². The summed E-state index contributed by atoms with van der Waals surface area (Å²) in [6.07, 6.45) is 6.56. The van der Waals surface area contributed by atoms with Crippen molar-refractivity contribution in [2.24, 2.45) is 0 Å². The molecular formula is C18H28N2. The standard InChI is InChI=1S/C18H28N2/c1-18(11-4-12-19-18)17-8-6-16(7-9-17)15-5-3-13-20(2)14-10-15/h6-9,15,19H,3-5,10-14H2,1-2H3. The molecular weight excluding hydrogens is 244 g/mol. The van der Waals surface area contributed by atoms with Crippen molar-refractivity contribution >= 4 is 0 Å². The lowest BCUT2D eigenvalue weighted by atomic mass is 9.86. The molecule has 0 aliphatic carbocycles. The molecule has 1 N–H and O–H groups in total. The van der Waals surface area contributed by atoms with Gasteiger partial charge in [-0.3, -0.25) is 0 Å². The third-order valence-corrected chi connectivity index (χ3v) is 5.34. The van der Waals surface area contributed by atoms with Crippen LogP contribution in [0.2, 0.25) is 0 Å². The first-order chi connectivity index (χ1) is 9.67. The maximum Gasteiger partial charge on any atom is 0.0406 e. The quantitative estimate of drug-likeness (QED) is 0.886. The Morgan fingerprint density at radius 2 is 1.90 bits per heavy atom. The fraction of sp³-hybridized carbons (Fsp3) is 0.667. The van der Waals surface area contributed by atoms with Crippen molar-refractivity contribution in [2.45, 2.75) is 50.5 Å². The molecule has 110 valence electrons. The molecule has 0 aromatic heterocycles. The predicted octanol–water partition coefficient (Wildman–Crippen LogP) is 3.48. The minimum Gasteiger partial charge on any atom is -0.308 e. The van der Waals surface area contributed by atoms with Gasteiger partial charge in [0.15, 0.2) is 0 Å². The highest BCUT2D eigenvalue weighted by Crippen LogP contribution is 2.33. The molecule has 2 saturated heterocycles. The van der Waals surface area contributed by atoms with E-state index in [0.29, 0.717) is 0 Å². The van der Waals surface area contributed by atoms with Gasteiger partial charge in [0, 0.05) is 5.54 Å². The van der Waals surface area contributed by atoms with Crippen molar-refractivity contribution in [3.63, 3.8) is 0 Å². The summed E-state index contributed by atoms with van der Waals surface area (Å²) in [5.41, 5.74) is 3.22. The van der Waals surface area contributed by atoms with Gasteiger partial charge < -0.3 is 10.2 Å². The minimum absolute atomic E-state index is 0.211. The fourth-order valence-corrected chi connectivity index (χ4v) is 3.84. The first kappa shape index (κ1) is 14.1. The SMILES string of the molecule is CN1CCCC(c2ccc(C3(C)CCCN3)cc2)CC1. The summed E-state index contributed by atoms with van der Waals surface area (Å²) in [4.78, 5) is 2.47. The van der Waals surface area contributed by atoms with Gasteiger partial charge in [0.1, 0.15) is 0 Å². The second-order valence-electron chi connectivity index (χ2n) is 6.92. The van der Waals surface area contributed by atoms with E-state index < -0.39 is 0 Å².